The minimum atomic E-state index is -0.534. The van der Waals surface area contributed by atoms with Gasteiger partial charge in [0, 0.05) is 23.1 Å². The predicted molar refractivity (Wildman–Crippen MR) is 117 cm³/mol. The Kier molecular flexibility index (Phi) is 6.46. The van der Waals surface area contributed by atoms with Gasteiger partial charge in [-0.3, -0.25) is 0 Å². The molecule has 1 heterocycles. The summed E-state index contributed by atoms with van der Waals surface area (Å²) in [6.45, 7) is 6.14. The van der Waals surface area contributed by atoms with E-state index in [0.717, 1.165) is 22.1 Å². The van der Waals surface area contributed by atoms with Crippen LogP contribution in [0.2, 0.25) is 10.0 Å². The molecular formula is C23H20Cl2O4. The van der Waals surface area contributed by atoms with Crippen LogP contribution in [-0.2, 0) is 16.1 Å². The molecular weight excluding hydrogens is 411 g/mol. The third kappa shape index (κ3) is 5.08. The predicted octanol–water partition coefficient (Wildman–Crippen LogP) is 6.29. The van der Waals surface area contributed by atoms with E-state index >= 15 is 0 Å². The van der Waals surface area contributed by atoms with Crippen molar-refractivity contribution in [2.75, 3.05) is 0 Å². The number of rotatable bonds is 5. The second-order valence-electron chi connectivity index (χ2n) is 7.06. The van der Waals surface area contributed by atoms with E-state index in [1.165, 1.54) is 12.1 Å². The van der Waals surface area contributed by atoms with Gasteiger partial charge in [-0.2, -0.15) is 0 Å². The van der Waals surface area contributed by atoms with Gasteiger partial charge < -0.3 is 9.15 Å². The van der Waals surface area contributed by atoms with Gasteiger partial charge in [0.1, 0.15) is 12.2 Å². The topological polar surface area (TPSA) is 56.5 Å². The molecule has 0 spiro atoms. The largest absolute Gasteiger partial charge is 0.458 e. The number of hydrogen-bond donors (Lipinski definition) is 0. The molecule has 0 aliphatic rings. The lowest BCUT2D eigenvalue weighted by Crippen LogP contribution is -2.06. The molecule has 150 valence electrons. The van der Waals surface area contributed by atoms with Crippen molar-refractivity contribution in [3.05, 3.63) is 85.2 Å². The maximum absolute atomic E-state index is 12.1. The minimum Gasteiger partial charge on any atom is -0.458 e. The van der Waals surface area contributed by atoms with E-state index in [1.54, 1.807) is 24.3 Å². The number of ether oxygens (including phenoxy) is 1. The molecule has 1 aromatic heterocycles. The summed E-state index contributed by atoms with van der Waals surface area (Å²) in [7, 11) is 0. The SMILES string of the molecule is Cc1cc2oc(=O)cc(COC(=O)C=Cc3ccc(Cl)c(Cl)c3)c2cc1C(C)C. The molecule has 0 aliphatic heterocycles. The summed E-state index contributed by atoms with van der Waals surface area (Å²) in [5.74, 6) is -0.218. The van der Waals surface area contributed by atoms with Crippen LogP contribution in [0.4, 0.5) is 0 Å². The summed E-state index contributed by atoms with van der Waals surface area (Å²) in [4.78, 5) is 24.0. The first-order chi connectivity index (χ1) is 13.7. The van der Waals surface area contributed by atoms with Gasteiger partial charge in [0.05, 0.1) is 10.0 Å². The average Bonchev–Trinajstić information content (AvgIpc) is 2.66. The maximum Gasteiger partial charge on any atom is 0.336 e. The highest BCUT2D eigenvalue weighted by Gasteiger charge is 2.12. The van der Waals surface area contributed by atoms with E-state index in [-0.39, 0.29) is 6.61 Å². The Morgan fingerprint density at radius 3 is 2.59 bits per heavy atom. The Morgan fingerprint density at radius 1 is 1.14 bits per heavy atom. The zero-order valence-electron chi connectivity index (χ0n) is 16.3. The van der Waals surface area contributed by atoms with Crippen LogP contribution in [0.5, 0.6) is 0 Å². The first kappa shape index (κ1) is 21.2. The molecule has 0 N–H and O–H groups in total. The van der Waals surface area contributed by atoms with Crippen molar-refractivity contribution in [2.45, 2.75) is 33.3 Å². The van der Waals surface area contributed by atoms with Crippen molar-refractivity contribution in [2.24, 2.45) is 0 Å². The minimum absolute atomic E-state index is 0.0345. The molecule has 0 aliphatic carbocycles. The van der Waals surface area contributed by atoms with Gasteiger partial charge in [-0.05, 0) is 59.9 Å². The lowest BCUT2D eigenvalue weighted by Gasteiger charge is -2.13. The van der Waals surface area contributed by atoms with Crippen LogP contribution in [-0.4, -0.2) is 5.97 Å². The monoisotopic (exact) mass is 430 g/mol. The smallest absolute Gasteiger partial charge is 0.336 e. The van der Waals surface area contributed by atoms with Gasteiger partial charge in [0.25, 0.3) is 0 Å². The van der Waals surface area contributed by atoms with Crippen molar-refractivity contribution in [1.29, 1.82) is 0 Å². The van der Waals surface area contributed by atoms with E-state index < -0.39 is 11.6 Å². The second-order valence-corrected chi connectivity index (χ2v) is 7.88. The number of carbonyl (C=O) groups is 1. The van der Waals surface area contributed by atoms with Crippen molar-refractivity contribution in [1.82, 2.24) is 0 Å². The molecule has 6 heteroatoms. The number of fused-ring (bicyclic) bond motifs is 1. The first-order valence-electron chi connectivity index (χ1n) is 9.11. The quantitative estimate of drug-likeness (QED) is 0.271. The highest BCUT2D eigenvalue weighted by atomic mass is 35.5. The van der Waals surface area contributed by atoms with Crippen LogP contribution in [0.3, 0.4) is 0 Å². The van der Waals surface area contributed by atoms with Crippen molar-refractivity contribution in [3.63, 3.8) is 0 Å². The van der Waals surface area contributed by atoms with Gasteiger partial charge in [0.2, 0.25) is 0 Å². The van der Waals surface area contributed by atoms with Crippen molar-refractivity contribution in [3.8, 4) is 0 Å². The molecule has 2 aromatic carbocycles. The molecule has 0 saturated carbocycles. The average molecular weight is 431 g/mol. The van der Waals surface area contributed by atoms with E-state index in [1.807, 2.05) is 19.1 Å². The van der Waals surface area contributed by atoms with E-state index in [9.17, 15) is 9.59 Å². The Morgan fingerprint density at radius 2 is 1.90 bits per heavy atom. The molecule has 0 saturated heterocycles. The number of aryl methyl sites for hydroxylation is 1. The molecule has 0 unspecified atom stereocenters. The summed E-state index contributed by atoms with van der Waals surface area (Å²) in [6.07, 6.45) is 2.89. The van der Waals surface area contributed by atoms with Crippen LogP contribution in [0.15, 0.2) is 51.7 Å². The van der Waals surface area contributed by atoms with E-state index in [0.29, 0.717) is 27.1 Å². The van der Waals surface area contributed by atoms with Crippen LogP contribution < -0.4 is 5.63 Å². The summed E-state index contributed by atoms with van der Waals surface area (Å²) in [5.41, 5.74) is 3.53. The van der Waals surface area contributed by atoms with E-state index in [2.05, 4.69) is 13.8 Å². The summed E-state index contributed by atoms with van der Waals surface area (Å²) >= 11 is 11.8. The molecule has 0 amide bonds. The van der Waals surface area contributed by atoms with Crippen LogP contribution >= 0.6 is 23.2 Å². The maximum atomic E-state index is 12.1. The molecule has 0 bridgehead atoms. The molecule has 0 atom stereocenters. The first-order valence-corrected chi connectivity index (χ1v) is 9.87. The third-order valence-electron chi connectivity index (χ3n) is 4.56. The molecule has 3 aromatic rings. The normalized spacial score (nSPS) is 11.5. The Bertz CT molecular complexity index is 1160. The molecule has 4 nitrogen and oxygen atoms in total. The van der Waals surface area contributed by atoms with Crippen molar-refractivity contribution >= 4 is 46.2 Å². The fourth-order valence-corrected chi connectivity index (χ4v) is 3.42. The summed E-state index contributed by atoms with van der Waals surface area (Å²) < 4.78 is 10.6. The standard InChI is InChI=1S/C23H20Cl2O4/c1-13(2)17-11-18-16(10-23(27)29-21(18)8-14(17)3)12-28-22(26)7-5-15-4-6-19(24)20(25)9-15/h4-11,13H,12H2,1-3H3. The van der Waals surface area contributed by atoms with Crippen LogP contribution in [0, 0.1) is 6.92 Å². The lowest BCUT2D eigenvalue weighted by molar-refractivity contribution is -0.138. The Hall–Kier alpha value is -2.56. The van der Waals surface area contributed by atoms with Gasteiger partial charge >= 0.3 is 11.6 Å². The molecule has 0 radical (unpaired) electrons. The fourth-order valence-electron chi connectivity index (χ4n) is 3.11. The number of hydrogen-bond acceptors (Lipinski definition) is 4. The number of carbonyl (C=O) groups excluding carboxylic acids is 1. The van der Waals surface area contributed by atoms with Crippen LogP contribution in [0.1, 0.15) is 42.0 Å². The van der Waals surface area contributed by atoms with Gasteiger partial charge in [0.15, 0.2) is 0 Å². The molecule has 3 rings (SSSR count). The fraction of sp³-hybridized carbons (Fsp3) is 0.217. The summed E-state index contributed by atoms with van der Waals surface area (Å²) in [6, 6.07) is 10.2. The Balaban J connectivity index is 1.81. The lowest BCUT2D eigenvalue weighted by atomic mass is 9.95. The number of benzene rings is 2. The number of esters is 1. The molecule has 0 fully saturated rings. The highest BCUT2D eigenvalue weighted by Crippen LogP contribution is 2.27. The Labute approximate surface area is 178 Å². The molecule has 29 heavy (non-hydrogen) atoms. The second kappa shape index (κ2) is 8.85. The summed E-state index contributed by atoms with van der Waals surface area (Å²) in [5, 5.41) is 1.61. The zero-order valence-corrected chi connectivity index (χ0v) is 17.8. The van der Waals surface area contributed by atoms with Gasteiger partial charge in [-0.1, -0.05) is 43.1 Å². The van der Waals surface area contributed by atoms with Crippen LogP contribution in [0.25, 0.3) is 17.0 Å². The zero-order chi connectivity index (χ0) is 21.1. The van der Waals surface area contributed by atoms with Crippen molar-refractivity contribution < 1.29 is 13.9 Å². The van der Waals surface area contributed by atoms with Gasteiger partial charge in [-0.25, -0.2) is 9.59 Å². The number of halogens is 2. The van der Waals surface area contributed by atoms with E-state index in [4.69, 9.17) is 32.4 Å². The third-order valence-corrected chi connectivity index (χ3v) is 5.30. The highest BCUT2D eigenvalue weighted by molar-refractivity contribution is 6.42. The van der Waals surface area contributed by atoms with Gasteiger partial charge in [-0.15, -0.1) is 0 Å².